The van der Waals surface area contributed by atoms with Crippen molar-refractivity contribution in [2.24, 2.45) is 0 Å². The van der Waals surface area contributed by atoms with Gasteiger partial charge in [-0.05, 0) is 44.4 Å². The number of nitrogens with zero attached hydrogens (tertiary/aromatic N) is 1. The maximum absolute atomic E-state index is 12.6. The molecule has 6 heteroatoms. The topological polar surface area (TPSA) is 61.4 Å². The van der Waals surface area contributed by atoms with Gasteiger partial charge >= 0.3 is 0 Å². The van der Waals surface area contributed by atoms with Crippen LogP contribution in [-0.4, -0.2) is 54.7 Å². The first kappa shape index (κ1) is 17.3. The minimum Gasteiger partial charge on any atom is -0.348 e. The van der Waals surface area contributed by atoms with E-state index in [9.17, 15) is 9.59 Å². The molecule has 2 fully saturated rings. The number of hydrogen-bond acceptors (Lipinski definition) is 4. The van der Waals surface area contributed by atoms with Crippen LogP contribution in [0.5, 0.6) is 0 Å². The molecule has 2 aliphatic heterocycles. The van der Waals surface area contributed by atoms with Gasteiger partial charge in [0.2, 0.25) is 5.91 Å². The first-order chi connectivity index (χ1) is 11.7. The highest BCUT2D eigenvalue weighted by Crippen LogP contribution is 2.24. The van der Waals surface area contributed by atoms with Gasteiger partial charge in [-0.15, -0.1) is 11.8 Å². The van der Waals surface area contributed by atoms with Crippen LogP contribution in [0, 0.1) is 0 Å². The molecule has 24 heavy (non-hydrogen) atoms. The molecular formula is C18H25N3O2S. The summed E-state index contributed by atoms with van der Waals surface area (Å²) in [6.07, 6.45) is 4.31. The zero-order chi connectivity index (χ0) is 16.8. The Balaban J connectivity index is 1.59. The van der Waals surface area contributed by atoms with Crippen molar-refractivity contribution in [2.75, 3.05) is 31.9 Å². The van der Waals surface area contributed by atoms with E-state index < -0.39 is 0 Å². The van der Waals surface area contributed by atoms with E-state index in [-0.39, 0.29) is 17.9 Å². The van der Waals surface area contributed by atoms with E-state index in [4.69, 9.17) is 0 Å². The molecule has 2 aliphatic rings. The molecule has 0 radical (unpaired) electrons. The molecule has 0 aliphatic carbocycles. The van der Waals surface area contributed by atoms with E-state index in [0.29, 0.717) is 11.3 Å². The van der Waals surface area contributed by atoms with Gasteiger partial charge in [0.05, 0.1) is 11.3 Å². The lowest BCUT2D eigenvalue weighted by molar-refractivity contribution is -0.127. The average Bonchev–Trinajstić information content (AvgIpc) is 3.15. The van der Waals surface area contributed by atoms with Gasteiger partial charge < -0.3 is 15.5 Å². The fourth-order valence-electron chi connectivity index (χ4n) is 3.22. The van der Waals surface area contributed by atoms with E-state index in [1.54, 1.807) is 0 Å². The number of rotatable bonds is 5. The Kier molecular flexibility index (Phi) is 6.15. The van der Waals surface area contributed by atoms with Crippen LogP contribution in [-0.2, 0) is 4.79 Å². The predicted octanol–water partition coefficient (Wildman–Crippen LogP) is 1.88. The molecule has 0 spiro atoms. The summed E-state index contributed by atoms with van der Waals surface area (Å²) in [6.45, 7) is 3.60. The molecule has 2 amide bonds. The van der Waals surface area contributed by atoms with E-state index in [1.165, 1.54) is 11.8 Å². The molecule has 1 aromatic rings. The highest BCUT2D eigenvalue weighted by molar-refractivity contribution is 8.00. The van der Waals surface area contributed by atoms with Crippen LogP contribution in [0.4, 0.5) is 0 Å². The van der Waals surface area contributed by atoms with E-state index >= 15 is 0 Å². The van der Waals surface area contributed by atoms with Crippen molar-refractivity contribution in [2.45, 2.75) is 36.6 Å². The van der Waals surface area contributed by atoms with Crippen molar-refractivity contribution >= 4 is 23.6 Å². The van der Waals surface area contributed by atoms with Gasteiger partial charge in [0.25, 0.3) is 5.91 Å². The molecule has 0 saturated carbocycles. The molecule has 3 rings (SSSR count). The molecule has 2 N–H and O–H groups in total. The Morgan fingerprint density at radius 2 is 2.00 bits per heavy atom. The maximum atomic E-state index is 12.6. The number of hydrogen-bond donors (Lipinski definition) is 2. The lowest BCUT2D eigenvalue weighted by atomic mass is 10.1. The molecule has 2 heterocycles. The third kappa shape index (κ3) is 4.51. The van der Waals surface area contributed by atoms with Crippen molar-refractivity contribution < 1.29 is 9.59 Å². The summed E-state index contributed by atoms with van der Waals surface area (Å²) >= 11 is 1.46. The smallest absolute Gasteiger partial charge is 0.252 e. The van der Waals surface area contributed by atoms with Gasteiger partial charge in [-0.1, -0.05) is 12.1 Å². The van der Waals surface area contributed by atoms with Gasteiger partial charge in [-0.3, -0.25) is 9.59 Å². The summed E-state index contributed by atoms with van der Waals surface area (Å²) in [6, 6.07) is 7.75. The van der Waals surface area contributed by atoms with Crippen molar-refractivity contribution in [1.29, 1.82) is 0 Å². The zero-order valence-electron chi connectivity index (χ0n) is 13.9. The first-order valence-electron chi connectivity index (χ1n) is 8.75. The lowest BCUT2D eigenvalue weighted by Gasteiger charge is -2.24. The Morgan fingerprint density at radius 1 is 1.21 bits per heavy atom. The van der Waals surface area contributed by atoms with E-state index in [2.05, 4.69) is 10.6 Å². The van der Waals surface area contributed by atoms with E-state index in [1.807, 2.05) is 29.2 Å². The van der Waals surface area contributed by atoms with Crippen LogP contribution in [0.2, 0.25) is 0 Å². The summed E-state index contributed by atoms with van der Waals surface area (Å²) in [5.41, 5.74) is 0.669. The van der Waals surface area contributed by atoms with Crippen molar-refractivity contribution in [1.82, 2.24) is 15.5 Å². The molecular weight excluding hydrogens is 322 g/mol. The third-order valence-corrected chi connectivity index (χ3v) is 5.63. The van der Waals surface area contributed by atoms with Gasteiger partial charge in [0.1, 0.15) is 0 Å². The number of nitrogens with one attached hydrogen (secondary N) is 2. The van der Waals surface area contributed by atoms with Gasteiger partial charge in [-0.25, -0.2) is 0 Å². The monoisotopic (exact) mass is 347 g/mol. The fourth-order valence-corrected chi connectivity index (χ4v) is 4.17. The van der Waals surface area contributed by atoms with Crippen LogP contribution in [0.25, 0.3) is 0 Å². The SMILES string of the molecule is O=C(NC1CCCNC1)c1ccccc1SCC(=O)N1CCCC1. The summed E-state index contributed by atoms with van der Waals surface area (Å²) in [7, 11) is 0. The second-order valence-corrected chi connectivity index (χ2v) is 7.41. The second-order valence-electron chi connectivity index (χ2n) is 6.39. The van der Waals surface area contributed by atoms with Crippen LogP contribution in [0.1, 0.15) is 36.0 Å². The minimum absolute atomic E-state index is 0.0413. The number of benzene rings is 1. The number of amides is 2. The number of likely N-dealkylation sites (tertiary alicyclic amines) is 1. The van der Waals surface area contributed by atoms with Gasteiger partial charge in [0.15, 0.2) is 0 Å². The molecule has 130 valence electrons. The molecule has 5 nitrogen and oxygen atoms in total. The average molecular weight is 347 g/mol. The summed E-state index contributed by atoms with van der Waals surface area (Å²) in [5.74, 6) is 0.527. The highest BCUT2D eigenvalue weighted by atomic mass is 32.2. The molecule has 1 atom stereocenters. The van der Waals surface area contributed by atoms with E-state index in [0.717, 1.165) is 56.8 Å². The molecule has 2 saturated heterocycles. The Labute approximate surface area is 147 Å². The number of carbonyl (C=O) groups is 2. The second kappa shape index (κ2) is 8.53. The van der Waals surface area contributed by atoms with Gasteiger partial charge in [0, 0.05) is 30.6 Å². The Bertz CT molecular complexity index is 581. The van der Waals surface area contributed by atoms with Gasteiger partial charge in [-0.2, -0.15) is 0 Å². The van der Waals surface area contributed by atoms with Crippen LogP contribution in [0.15, 0.2) is 29.2 Å². The minimum atomic E-state index is -0.0413. The highest BCUT2D eigenvalue weighted by Gasteiger charge is 2.21. The van der Waals surface area contributed by atoms with Crippen molar-refractivity contribution in [3.05, 3.63) is 29.8 Å². The largest absolute Gasteiger partial charge is 0.348 e. The molecule has 0 aromatic heterocycles. The standard InChI is InChI=1S/C18H25N3O2S/c22-17(21-10-3-4-11-21)13-24-16-8-2-1-7-15(16)18(23)20-14-6-5-9-19-12-14/h1-2,7-8,14,19H,3-6,9-13H2,(H,20,23). The molecule has 1 unspecified atom stereocenters. The lowest BCUT2D eigenvalue weighted by Crippen LogP contribution is -2.45. The van der Waals surface area contributed by atoms with Crippen molar-refractivity contribution in [3.63, 3.8) is 0 Å². The first-order valence-corrected chi connectivity index (χ1v) is 9.74. The van der Waals surface area contributed by atoms with Crippen molar-refractivity contribution in [3.8, 4) is 0 Å². The zero-order valence-corrected chi connectivity index (χ0v) is 14.7. The van der Waals surface area contributed by atoms with Crippen LogP contribution < -0.4 is 10.6 Å². The summed E-state index contributed by atoms with van der Waals surface area (Å²) in [5, 5.41) is 6.42. The van der Waals surface area contributed by atoms with Crippen LogP contribution in [0.3, 0.4) is 0 Å². The Hall–Kier alpha value is -1.53. The fraction of sp³-hybridized carbons (Fsp3) is 0.556. The Morgan fingerprint density at radius 3 is 2.75 bits per heavy atom. The third-order valence-electron chi connectivity index (χ3n) is 4.57. The number of piperidine rings is 1. The number of carbonyl (C=O) groups excluding carboxylic acids is 2. The summed E-state index contributed by atoms with van der Waals surface area (Å²) in [4.78, 5) is 27.6. The number of thioether (sulfide) groups is 1. The maximum Gasteiger partial charge on any atom is 0.252 e. The quantitative estimate of drug-likeness (QED) is 0.799. The summed E-state index contributed by atoms with van der Waals surface area (Å²) < 4.78 is 0. The predicted molar refractivity (Wildman–Crippen MR) is 96.3 cm³/mol. The molecule has 0 bridgehead atoms. The molecule has 1 aromatic carbocycles. The van der Waals surface area contributed by atoms with Crippen LogP contribution >= 0.6 is 11.8 Å². The normalized spacial score (nSPS) is 20.8.